The Balaban J connectivity index is 1.55. The van der Waals surface area contributed by atoms with Gasteiger partial charge in [0.2, 0.25) is 11.8 Å². The van der Waals surface area contributed by atoms with Gasteiger partial charge >= 0.3 is 0 Å². The molecule has 162 valence electrons. The molecule has 2 amide bonds. The Kier molecular flexibility index (Phi) is 7.18. The third-order valence-electron chi connectivity index (χ3n) is 5.09. The second kappa shape index (κ2) is 10.0. The van der Waals surface area contributed by atoms with E-state index in [2.05, 4.69) is 22.1 Å². The summed E-state index contributed by atoms with van der Waals surface area (Å²) in [6, 6.07) is 9.90. The van der Waals surface area contributed by atoms with Gasteiger partial charge in [0.05, 0.1) is 11.4 Å². The summed E-state index contributed by atoms with van der Waals surface area (Å²) in [5.41, 5.74) is 4.40. The molecule has 0 atom stereocenters. The predicted molar refractivity (Wildman–Crippen MR) is 124 cm³/mol. The van der Waals surface area contributed by atoms with Gasteiger partial charge in [0.1, 0.15) is 5.82 Å². The van der Waals surface area contributed by atoms with E-state index < -0.39 is 0 Å². The highest BCUT2D eigenvalue weighted by atomic mass is 16.2. The Morgan fingerprint density at radius 3 is 2.74 bits per heavy atom. The summed E-state index contributed by atoms with van der Waals surface area (Å²) in [6.07, 6.45) is 4.75. The number of nitrogens with one attached hydrogen (secondary N) is 1. The Labute approximate surface area is 183 Å². The number of benzene rings is 1. The summed E-state index contributed by atoms with van der Waals surface area (Å²) >= 11 is 0. The zero-order chi connectivity index (χ0) is 22.4. The quantitative estimate of drug-likeness (QED) is 0.548. The van der Waals surface area contributed by atoms with Crippen LogP contribution in [-0.2, 0) is 16.1 Å². The molecule has 1 aromatic heterocycles. The van der Waals surface area contributed by atoms with Gasteiger partial charge in [-0.1, -0.05) is 23.8 Å². The van der Waals surface area contributed by atoms with E-state index in [4.69, 9.17) is 0 Å². The highest BCUT2D eigenvalue weighted by Crippen LogP contribution is 2.22. The van der Waals surface area contributed by atoms with Crippen LogP contribution in [-0.4, -0.2) is 34.9 Å². The number of hydrogen-bond donors (Lipinski definition) is 1. The number of hydrogen-bond acceptors (Lipinski definition) is 4. The predicted octanol–water partition coefficient (Wildman–Crippen LogP) is 3.78. The Bertz CT molecular complexity index is 1050. The van der Waals surface area contributed by atoms with Crippen LogP contribution < -0.4 is 10.2 Å². The van der Waals surface area contributed by atoms with Gasteiger partial charge in [-0.15, -0.1) is 0 Å². The molecule has 1 aromatic carbocycles. The average molecular weight is 420 g/mol. The number of carbonyl (C=O) groups excluding carboxylic acids is 2. The molecule has 2 aromatic rings. The molecule has 2 heterocycles. The zero-order valence-corrected chi connectivity index (χ0v) is 18.4. The molecule has 1 aliphatic heterocycles. The molecule has 0 spiro atoms. The molecular weight excluding hydrogens is 390 g/mol. The van der Waals surface area contributed by atoms with Gasteiger partial charge in [0, 0.05) is 43.3 Å². The van der Waals surface area contributed by atoms with E-state index in [-0.39, 0.29) is 24.7 Å². The summed E-state index contributed by atoms with van der Waals surface area (Å²) in [7, 11) is 0. The lowest BCUT2D eigenvalue weighted by molar-refractivity contribution is -0.124. The fourth-order valence-corrected chi connectivity index (χ4v) is 3.59. The van der Waals surface area contributed by atoms with E-state index >= 15 is 0 Å². The monoisotopic (exact) mass is 419 g/mol. The standard InChI is InChI=1S/C24H29N5O2/c1-17-7-5-8-20(15-17)21(25-4)10-9-18(2)26-22(30)11-12-24(31)28-13-6-14-29-23(28)16-19(3)27-29/h5,7-10,15-16H,4,6,11-14H2,1-3H3,(H,26,30)/b18-9+,21-10-. The number of rotatable bonds is 7. The van der Waals surface area contributed by atoms with Crippen LogP contribution in [0.3, 0.4) is 0 Å². The second-order valence-corrected chi connectivity index (χ2v) is 7.74. The topological polar surface area (TPSA) is 79.6 Å². The normalized spacial score (nSPS) is 14.2. The van der Waals surface area contributed by atoms with Crippen LogP contribution in [0.2, 0.25) is 0 Å². The van der Waals surface area contributed by atoms with E-state index in [1.54, 1.807) is 17.9 Å². The van der Waals surface area contributed by atoms with Crippen LogP contribution in [0.4, 0.5) is 5.82 Å². The van der Waals surface area contributed by atoms with Crippen molar-refractivity contribution in [1.29, 1.82) is 0 Å². The number of amides is 2. The van der Waals surface area contributed by atoms with Gasteiger partial charge in [-0.05, 0) is 52.1 Å². The van der Waals surface area contributed by atoms with Gasteiger partial charge in [-0.25, -0.2) is 4.68 Å². The van der Waals surface area contributed by atoms with Crippen molar-refractivity contribution in [2.45, 2.75) is 46.6 Å². The highest BCUT2D eigenvalue weighted by molar-refractivity contribution is 5.95. The molecule has 0 aliphatic carbocycles. The fourth-order valence-electron chi connectivity index (χ4n) is 3.59. The minimum absolute atomic E-state index is 0.0601. The minimum atomic E-state index is -0.194. The second-order valence-electron chi connectivity index (χ2n) is 7.74. The smallest absolute Gasteiger partial charge is 0.228 e. The average Bonchev–Trinajstić information content (AvgIpc) is 3.12. The number of allylic oxidation sites excluding steroid dienone is 3. The zero-order valence-electron chi connectivity index (χ0n) is 18.4. The lowest BCUT2D eigenvalue weighted by atomic mass is 10.1. The van der Waals surface area contributed by atoms with E-state index in [1.807, 2.05) is 54.9 Å². The molecule has 31 heavy (non-hydrogen) atoms. The van der Waals surface area contributed by atoms with Crippen molar-refractivity contribution in [2.75, 3.05) is 11.4 Å². The number of aliphatic imine (C=N–C) groups is 1. The highest BCUT2D eigenvalue weighted by Gasteiger charge is 2.24. The molecule has 0 bridgehead atoms. The van der Waals surface area contributed by atoms with Gasteiger partial charge in [0.25, 0.3) is 0 Å². The molecule has 0 unspecified atom stereocenters. The summed E-state index contributed by atoms with van der Waals surface area (Å²) < 4.78 is 1.86. The first kappa shape index (κ1) is 22.2. The third kappa shape index (κ3) is 5.78. The molecule has 1 N–H and O–H groups in total. The summed E-state index contributed by atoms with van der Waals surface area (Å²) in [5.74, 6) is 0.562. The number of anilines is 1. The molecule has 0 saturated heterocycles. The first-order valence-corrected chi connectivity index (χ1v) is 10.4. The number of carbonyl (C=O) groups is 2. The fraction of sp³-hybridized carbons (Fsp3) is 0.333. The number of aromatic nitrogens is 2. The summed E-state index contributed by atoms with van der Waals surface area (Å²) in [6.45, 7) is 10.8. The van der Waals surface area contributed by atoms with E-state index in [1.165, 1.54) is 0 Å². The maximum Gasteiger partial charge on any atom is 0.228 e. The van der Waals surface area contributed by atoms with Gasteiger partial charge in [-0.3, -0.25) is 19.5 Å². The van der Waals surface area contributed by atoms with Crippen molar-refractivity contribution in [3.8, 4) is 0 Å². The Morgan fingerprint density at radius 2 is 2.00 bits per heavy atom. The van der Waals surface area contributed by atoms with Gasteiger partial charge in [-0.2, -0.15) is 5.10 Å². The number of nitrogens with zero attached hydrogens (tertiary/aromatic N) is 4. The molecule has 0 radical (unpaired) electrons. The first-order chi connectivity index (χ1) is 14.9. The lowest BCUT2D eigenvalue weighted by Gasteiger charge is -2.27. The molecule has 0 fully saturated rings. The van der Waals surface area contributed by atoms with Gasteiger partial charge in [0.15, 0.2) is 0 Å². The van der Waals surface area contributed by atoms with Crippen LogP contribution in [0, 0.1) is 13.8 Å². The van der Waals surface area contributed by atoms with Crippen LogP contribution in [0.5, 0.6) is 0 Å². The maximum absolute atomic E-state index is 12.7. The van der Waals surface area contributed by atoms with Crippen molar-refractivity contribution in [1.82, 2.24) is 15.1 Å². The molecular formula is C24H29N5O2. The van der Waals surface area contributed by atoms with Crippen molar-refractivity contribution < 1.29 is 9.59 Å². The first-order valence-electron chi connectivity index (χ1n) is 10.4. The Hall–Kier alpha value is -3.48. The maximum atomic E-state index is 12.7. The van der Waals surface area contributed by atoms with E-state index in [0.29, 0.717) is 12.2 Å². The number of fused-ring (bicyclic) bond motifs is 1. The molecule has 1 aliphatic rings. The largest absolute Gasteiger partial charge is 0.330 e. The van der Waals surface area contributed by atoms with Crippen molar-refractivity contribution in [3.63, 3.8) is 0 Å². The molecule has 7 heteroatoms. The summed E-state index contributed by atoms with van der Waals surface area (Å²) in [5, 5.41) is 7.24. The minimum Gasteiger partial charge on any atom is -0.330 e. The van der Waals surface area contributed by atoms with Crippen LogP contribution >= 0.6 is 0 Å². The van der Waals surface area contributed by atoms with E-state index in [9.17, 15) is 9.59 Å². The molecule has 0 saturated carbocycles. The van der Waals surface area contributed by atoms with Crippen LogP contribution in [0.15, 0.2) is 53.2 Å². The third-order valence-corrected chi connectivity index (χ3v) is 5.09. The van der Waals surface area contributed by atoms with Gasteiger partial charge < -0.3 is 5.32 Å². The summed E-state index contributed by atoms with van der Waals surface area (Å²) in [4.78, 5) is 30.8. The van der Waals surface area contributed by atoms with E-state index in [0.717, 1.165) is 41.3 Å². The number of aryl methyl sites for hydroxylation is 3. The molecule has 7 nitrogen and oxygen atoms in total. The van der Waals surface area contributed by atoms with Crippen molar-refractivity contribution >= 4 is 30.0 Å². The molecule has 3 rings (SSSR count). The lowest BCUT2D eigenvalue weighted by Crippen LogP contribution is -2.38. The van der Waals surface area contributed by atoms with Crippen LogP contribution in [0.1, 0.15) is 43.0 Å². The Morgan fingerprint density at radius 1 is 1.19 bits per heavy atom. The van der Waals surface area contributed by atoms with Crippen molar-refractivity contribution in [3.05, 3.63) is 65.0 Å². The van der Waals surface area contributed by atoms with Crippen molar-refractivity contribution in [2.24, 2.45) is 4.99 Å². The SMILES string of the molecule is C=N/C(=C\C=C(/C)NC(=O)CCC(=O)N1CCCn2nc(C)cc21)c1cccc(C)c1. The van der Waals surface area contributed by atoms with Crippen LogP contribution in [0.25, 0.3) is 5.70 Å².